The van der Waals surface area contributed by atoms with Crippen LogP contribution in [-0.4, -0.2) is 5.04 Å². The predicted molar refractivity (Wildman–Crippen MR) is 75.5 cm³/mol. The number of rotatable bonds is 2. The Kier molecular flexibility index (Phi) is 2.91. The van der Waals surface area contributed by atoms with Crippen LogP contribution in [0, 0.1) is 6.92 Å². The summed E-state index contributed by atoms with van der Waals surface area (Å²) in [5, 5.41) is 7.85. The molecule has 1 aliphatic rings. The van der Waals surface area contributed by atoms with Gasteiger partial charge in [-0.2, -0.15) is 5.10 Å². The first kappa shape index (κ1) is 10.9. The van der Waals surface area contributed by atoms with Crippen molar-refractivity contribution < 1.29 is 0 Å². The molecule has 0 aliphatic carbocycles. The summed E-state index contributed by atoms with van der Waals surface area (Å²) in [5.74, 6) is 0. The minimum Gasteiger partial charge on any atom is -0.290 e. The SMILES string of the molecule is Cc1ccc(C2=NN[C@@H](c3cccs3)S2)cc1. The van der Waals surface area contributed by atoms with E-state index in [9.17, 15) is 0 Å². The van der Waals surface area contributed by atoms with E-state index in [1.54, 1.807) is 23.1 Å². The van der Waals surface area contributed by atoms with Crippen molar-refractivity contribution in [3.8, 4) is 0 Å². The van der Waals surface area contributed by atoms with Crippen molar-refractivity contribution in [2.45, 2.75) is 12.3 Å². The number of hydrogen-bond donors (Lipinski definition) is 1. The molecule has 0 spiro atoms. The lowest BCUT2D eigenvalue weighted by atomic mass is 10.2. The van der Waals surface area contributed by atoms with Crippen molar-refractivity contribution >= 4 is 28.1 Å². The molecule has 1 aromatic heterocycles. The van der Waals surface area contributed by atoms with Crippen LogP contribution in [0.4, 0.5) is 0 Å². The fourth-order valence-electron chi connectivity index (χ4n) is 1.67. The summed E-state index contributed by atoms with van der Waals surface area (Å²) in [6.07, 6.45) is 0. The Morgan fingerprint density at radius 1 is 1.18 bits per heavy atom. The summed E-state index contributed by atoms with van der Waals surface area (Å²) >= 11 is 3.54. The van der Waals surface area contributed by atoms with Gasteiger partial charge in [0.25, 0.3) is 0 Å². The molecule has 0 saturated heterocycles. The number of hydrogen-bond acceptors (Lipinski definition) is 4. The monoisotopic (exact) mass is 260 g/mol. The van der Waals surface area contributed by atoms with Gasteiger partial charge in [-0.25, -0.2) is 0 Å². The van der Waals surface area contributed by atoms with E-state index in [0.717, 1.165) is 5.04 Å². The molecule has 0 bridgehead atoms. The summed E-state index contributed by atoms with van der Waals surface area (Å²) in [6, 6.07) is 12.7. The first-order valence-corrected chi connectivity index (χ1v) is 7.19. The van der Waals surface area contributed by atoms with Crippen LogP contribution in [0.25, 0.3) is 0 Å². The van der Waals surface area contributed by atoms with Crippen LogP contribution in [0.3, 0.4) is 0 Å². The molecule has 1 aromatic carbocycles. The van der Waals surface area contributed by atoms with Crippen molar-refractivity contribution in [1.82, 2.24) is 5.43 Å². The Labute approximate surface area is 109 Å². The zero-order valence-corrected chi connectivity index (χ0v) is 11.0. The first-order valence-electron chi connectivity index (χ1n) is 5.43. The standard InChI is InChI=1S/C13H12N2S2/c1-9-4-6-10(7-5-9)12-14-15-13(17-12)11-3-2-8-16-11/h2-8,13,15H,1H3/t13-/m1/s1. The van der Waals surface area contributed by atoms with E-state index in [2.05, 4.69) is 59.2 Å². The Bertz CT molecular complexity index is 529. The lowest BCUT2D eigenvalue weighted by Crippen LogP contribution is -2.04. The largest absolute Gasteiger partial charge is 0.290 e. The quantitative estimate of drug-likeness (QED) is 0.889. The van der Waals surface area contributed by atoms with E-state index in [4.69, 9.17) is 0 Å². The fourth-order valence-corrected chi connectivity index (χ4v) is 3.53. The minimum absolute atomic E-state index is 0.270. The van der Waals surface area contributed by atoms with Gasteiger partial charge in [-0.1, -0.05) is 47.7 Å². The highest BCUT2D eigenvalue weighted by Gasteiger charge is 2.22. The Morgan fingerprint density at radius 2 is 2.00 bits per heavy atom. The molecule has 86 valence electrons. The molecule has 0 unspecified atom stereocenters. The number of thioether (sulfide) groups is 1. The second kappa shape index (κ2) is 4.55. The molecule has 0 fully saturated rings. The molecule has 0 radical (unpaired) electrons. The first-order chi connectivity index (χ1) is 8.33. The van der Waals surface area contributed by atoms with Gasteiger partial charge in [0.1, 0.15) is 10.4 Å². The second-order valence-corrected chi connectivity index (χ2v) is 6.00. The second-order valence-electron chi connectivity index (χ2n) is 3.93. The Balaban J connectivity index is 1.77. The zero-order chi connectivity index (χ0) is 11.7. The molecule has 2 heterocycles. The van der Waals surface area contributed by atoms with Crippen LogP contribution in [0.15, 0.2) is 46.9 Å². The lowest BCUT2D eigenvalue weighted by molar-refractivity contribution is 0.754. The molecule has 4 heteroatoms. The third-order valence-corrected chi connectivity index (χ3v) is 4.84. The fraction of sp³-hybridized carbons (Fsp3) is 0.154. The maximum Gasteiger partial charge on any atom is 0.129 e. The topological polar surface area (TPSA) is 24.4 Å². The van der Waals surface area contributed by atoms with Gasteiger partial charge < -0.3 is 0 Å². The van der Waals surface area contributed by atoms with Crippen LogP contribution >= 0.6 is 23.1 Å². The third-order valence-electron chi connectivity index (χ3n) is 2.61. The van der Waals surface area contributed by atoms with Crippen molar-refractivity contribution in [3.63, 3.8) is 0 Å². The summed E-state index contributed by atoms with van der Waals surface area (Å²) < 4.78 is 0. The van der Waals surface area contributed by atoms with Crippen LogP contribution < -0.4 is 5.43 Å². The van der Waals surface area contributed by atoms with Crippen LogP contribution in [0.2, 0.25) is 0 Å². The highest BCUT2D eigenvalue weighted by atomic mass is 32.2. The highest BCUT2D eigenvalue weighted by Crippen LogP contribution is 2.36. The normalized spacial score (nSPS) is 18.9. The van der Waals surface area contributed by atoms with Gasteiger partial charge in [-0.05, 0) is 18.4 Å². The van der Waals surface area contributed by atoms with Crippen molar-refractivity contribution in [1.29, 1.82) is 0 Å². The zero-order valence-electron chi connectivity index (χ0n) is 9.38. The smallest absolute Gasteiger partial charge is 0.129 e. The molecule has 3 rings (SSSR count). The lowest BCUT2D eigenvalue weighted by Gasteiger charge is -2.05. The van der Waals surface area contributed by atoms with E-state index in [-0.39, 0.29) is 5.37 Å². The van der Waals surface area contributed by atoms with Crippen molar-refractivity contribution in [2.24, 2.45) is 5.10 Å². The third kappa shape index (κ3) is 2.23. The molecule has 1 atom stereocenters. The van der Waals surface area contributed by atoms with E-state index < -0.39 is 0 Å². The van der Waals surface area contributed by atoms with Gasteiger partial charge in [0.2, 0.25) is 0 Å². The van der Waals surface area contributed by atoms with Gasteiger partial charge in [0.05, 0.1) is 0 Å². The summed E-state index contributed by atoms with van der Waals surface area (Å²) in [4.78, 5) is 1.32. The van der Waals surface area contributed by atoms with Gasteiger partial charge >= 0.3 is 0 Å². The van der Waals surface area contributed by atoms with E-state index in [1.807, 2.05) is 0 Å². The van der Waals surface area contributed by atoms with Crippen molar-refractivity contribution in [3.05, 3.63) is 57.8 Å². The summed E-state index contributed by atoms with van der Waals surface area (Å²) in [5.41, 5.74) is 5.65. The molecular weight excluding hydrogens is 248 g/mol. The van der Waals surface area contributed by atoms with E-state index >= 15 is 0 Å². The van der Waals surface area contributed by atoms with E-state index in [0.29, 0.717) is 0 Å². The van der Waals surface area contributed by atoms with Crippen LogP contribution in [0.1, 0.15) is 21.4 Å². The number of thiophene rings is 1. The minimum atomic E-state index is 0.270. The summed E-state index contributed by atoms with van der Waals surface area (Å²) in [7, 11) is 0. The van der Waals surface area contributed by atoms with Crippen LogP contribution in [0.5, 0.6) is 0 Å². The number of hydrazone groups is 1. The van der Waals surface area contributed by atoms with Gasteiger partial charge in [-0.3, -0.25) is 5.43 Å². The Hall–Kier alpha value is -1.26. The molecular formula is C13H12N2S2. The molecule has 1 aliphatic heterocycles. The number of nitrogens with one attached hydrogen (secondary N) is 1. The molecule has 0 amide bonds. The molecule has 1 N–H and O–H groups in total. The van der Waals surface area contributed by atoms with Gasteiger partial charge in [0.15, 0.2) is 0 Å². The van der Waals surface area contributed by atoms with Crippen LogP contribution in [-0.2, 0) is 0 Å². The number of aryl methyl sites for hydroxylation is 1. The average molecular weight is 260 g/mol. The molecule has 2 nitrogen and oxygen atoms in total. The maximum atomic E-state index is 4.41. The highest BCUT2D eigenvalue weighted by molar-refractivity contribution is 8.14. The average Bonchev–Trinajstić information content (AvgIpc) is 3.00. The molecule has 17 heavy (non-hydrogen) atoms. The maximum absolute atomic E-state index is 4.41. The summed E-state index contributed by atoms with van der Waals surface area (Å²) in [6.45, 7) is 2.10. The van der Waals surface area contributed by atoms with Gasteiger partial charge in [0, 0.05) is 10.4 Å². The van der Waals surface area contributed by atoms with E-state index in [1.165, 1.54) is 16.0 Å². The molecule has 0 saturated carbocycles. The Morgan fingerprint density at radius 3 is 2.71 bits per heavy atom. The molecule has 2 aromatic rings. The number of benzene rings is 1. The van der Waals surface area contributed by atoms with Crippen molar-refractivity contribution in [2.75, 3.05) is 0 Å². The predicted octanol–water partition coefficient (Wildman–Crippen LogP) is 3.75. The number of nitrogens with zero attached hydrogens (tertiary/aromatic N) is 1. The van der Waals surface area contributed by atoms with Gasteiger partial charge in [-0.15, -0.1) is 11.3 Å².